The van der Waals surface area contributed by atoms with Gasteiger partial charge in [-0.05, 0) is 31.0 Å². The van der Waals surface area contributed by atoms with Crippen molar-refractivity contribution in [3.05, 3.63) is 42.5 Å². The molecule has 0 saturated heterocycles. The Balaban J connectivity index is 1.69. The van der Waals surface area contributed by atoms with Crippen LogP contribution in [0.15, 0.2) is 36.8 Å². The summed E-state index contributed by atoms with van der Waals surface area (Å²) in [7, 11) is 1.88. The second-order valence-corrected chi connectivity index (χ2v) is 5.88. The van der Waals surface area contributed by atoms with E-state index in [-0.39, 0.29) is 5.92 Å². The van der Waals surface area contributed by atoms with Crippen LogP contribution in [-0.4, -0.2) is 25.5 Å². The summed E-state index contributed by atoms with van der Waals surface area (Å²) >= 11 is 0. The molecule has 0 aliphatic heterocycles. The van der Waals surface area contributed by atoms with Crippen LogP contribution in [-0.2, 0) is 18.3 Å². The number of aromatic nitrogens is 4. The van der Waals surface area contributed by atoms with E-state index in [4.69, 9.17) is 0 Å². The smallest absolute Gasteiger partial charge is 0.141 e. The Morgan fingerprint density at radius 1 is 1.32 bits per heavy atom. The third-order valence-corrected chi connectivity index (χ3v) is 4.02. The summed E-state index contributed by atoms with van der Waals surface area (Å²) in [4.78, 5) is 21.0. The first-order chi connectivity index (χ1) is 10.7. The minimum atomic E-state index is 0.271. The highest BCUT2D eigenvalue weighted by Gasteiger charge is 2.29. The molecule has 0 amide bonds. The van der Waals surface area contributed by atoms with Crippen LogP contribution >= 0.6 is 0 Å². The average Bonchev–Trinajstić information content (AvgIpc) is 3.28. The SMILES string of the molecule is Cn1cc(-c2ccc3cnc(CC(=O)C4CC4)cc3n2)cn1. The lowest BCUT2D eigenvalue weighted by Gasteiger charge is -2.04. The van der Waals surface area contributed by atoms with E-state index in [1.165, 1.54) is 0 Å². The van der Waals surface area contributed by atoms with Crippen LogP contribution in [0.5, 0.6) is 0 Å². The minimum absolute atomic E-state index is 0.271. The van der Waals surface area contributed by atoms with Gasteiger partial charge < -0.3 is 0 Å². The molecule has 1 aliphatic rings. The lowest BCUT2D eigenvalue weighted by Crippen LogP contribution is -2.06. The fourth-order valence-corrected chi connectivity index (χ4v) is 2.60. The number of aryl methyl sites for hydroxylation is 1. The van der Waals surface area contributed by atoms with Crippen molar-refractivity contribution in [1.82, 2.24) is 19.7 Å². The van der Waals surface area contributed by atoms with E-state index >= 15 is 0 Å². The maximum Gasteiger partial charge on any atom is 0.141 e. The quantitative estimate of drug-likeness (QED) is 0.741. The van der Waals surface area contributed by atoms with E-state index in [2.05, 4.69) is 15.1 Å². The summed E-state index contributed by atoms with van der Waals surface area (Å²) in [6.45, 7) is 0. The Bertz CT molecular complexity index is 864. The molecule has 3 aromatic heterocycles. The maximum atomic E-state index is 11.9. The molecule has 0 atom stereocenters. The van der Waals surface area contributed by atoms with Gasteiger partial charge in [-0.25, -0.2) is 4.98 Å². The highest BCUT2D eigenvalue weighted by atomic mass is 16.1. The number of rotatable bonds is 4. The monoisotopic (exact) mass is 292 g/mol. The molecule has 0 bridgehead atoms. The summed E-state index contributed by atoms with van der Waals surface area (Å²) in [5, 5.41) is 5.16. The lowest BCUT2D eigenvalue weighted by molar-refractivity contribution is -0.119. The first-order valence-electron chi connectivity index (χ1n) is 7.46. The normalized spacial score (nSPS) is 14.4. The largest absolute Gasteiger partial charge is 0.299 e. The number of Topliss-reactive ketones (excluding diaryl/α,β-unsaturated/α-hetero) is 1. The number of carbonyl (C=O) groups excluding carboxylic acids is 1. The van der Waals surface area contributed by atoms with Crippen LogP contribution in [0.2, 0.25) is 0 Å². The predicted molar refractivity (Wildman–Crippen MR) is 83.2 cm³/mol. The van der Waals surface area contributed by atoms with Crippen molar-refractivity contribution in [3.8, 4) is 11.3 Å². The van der Waals surface area contributed by atoms with E-state index < -0.39 is 0 Å². The van der Waals surface area contributed by atoms with Gasteiger partial charge in [0.05, 0.1) is 17.4 Å². The predicted octanol–water partition coefficient (Wildman–Crippen LogP) is 2.55. The molecule has 1 fully saturated rings. The standard InChI is InChI=1S/C17H16N4O/c1-21-10-13(9-19-21)15-5-4-12-8-18-14(6-16(12)20-15)7-17(22)11-2-3-11/h4-6,8-11H,2-3,7H2,1H3. The van der Waals surface area contributed by atoms with Crippen molar-refractivity contribution in [2.75, 3.05) is 0 Å². The van der Waals surface area contributed by atoms with Gasteiger partial charge in [-0.15, -0.1) is 0 Å². The molecule has 1 aliphatic carbocycles. The van der Waals surface area contributed by atoms with Gasteiger partial charge in [0, 0.05) is 48.4 Å². The molecular weight excluding hydrogens is 276 g/mol. The topological polar surface area (TPSA) is 60.7 Å². The number of carbonyl (C=O) groups is 1. The van der Waals surface area contributed by atoms with Crippen LogP contribution in [0.3, 0.4) is 0 Å². The van der Waals surface area contributed by atoms with Crippen molar-refractivity contribution in [2.24, 2.45) is 13.0 Å². The molecule has 4 rings (SSSR count). The molecule has 1 saturated carbocycles. The lowest BCUT2D eigenvalue weighted by atomic mass is 10.1. The number of hydrogen-bond donors (Lipinski definition) is 0. The van der Waals surface area contributed by atoms with Gasteiger partial charge in [0.15, 0.2) is 0 Å². The van der Waals surface area contributed by atoms with Crippen molar-refractivity contribution in [2.45, 2.75) is 19.3 Å². The number of ketones is 1. The van der Waals surface area contributed by atoms with E-state index in [0.717, 1.165) is 40.7 Å². The minimum Gasteiger partial charge on any atom is -0.299 e. The molecule has 110 valence electrons. The fraction of sp³-hybridized carbons (Fsp3) is 0.294. The van der Waals surface area contributed by atoms with Crippen LogP contribution in [0, 0.1) is 5.92 Å². The van der Waals surface area contributed by atoms with Crippen molar-refractivity contribution < 1.29 is 4.79 Å². The zero-order chi connectivity index (χ0) is 15.1. The fourth-order valence-electron chi connectivity index (χ4n) is 2.60. The van der Waals surface area contributed by atoms with E-state index in [1.54, 1.807) is 17.1 Å². The third kappa shape index (κ3) is 2.50. The van der Waals surface area contributed by atoms with Crippen molar-refractivity contribution >= 4 is 16.7 Å². The molecule has 0 N–H and O–H groups in total. The number of fused-ring (bicyclic) bond motifs is 1. The molecule has 3 heterocycles. The Labute approximate surface area is 128 Å². The molecule has 5 nitrogen and oxygen atoms in total. The van der Waals surface area contributed by atoms with Crippen LogP contribution < -0.4 is 0 Å². The highest BCUT2D eigenvalue weighted by Crippen LogP contribution is 2.31. The molecular formula is C17H16N4O. The van der Waals surface area contributed by atoms with Gasteiger partial charge in [-0.1, -0.05) is 0 Å². The Kier molecular flexibility index (Phi) is 2.99. The third-order valence-electron chi connectivity index (χ3n) is 4.02. The van der Waals surface area contributed by atoms with Gasteiger partial charge in [0.2, 0.25) is 0 Å². The average molecular weight is 292 g/mol. The first-order valence-corrected chi connectivity index (χ1v) is 7.46. The van der Waals surface area contributed by atoms with Gasteiger partial charge in [0.25, 0.3) is 0 Å². The Morgan fingerprint density at radius 2 is 2.18 bits per heavy atom. The van der Waals surface area contributed by atoms with Crippen molar-refractivity contribution in [1.29, 1.82) is 0 Å². The second-order valence-electron chi connectivity index (χ2n) is 5.88. The highest BCUT2D eigenvalue weighted by molar-refractivity contribution is 5.86. The maximum absolute atomic E-state index is 11.9. The first kappa shape index (κ1) is 13.1. The molecule has 5 heteroatoms. The van der Waals surface area contributed by atoms with Crippen LogP contribution in [0.1, 0.15) is 18.5 Å². The molecule has 3 aromatic rings. The van der Waals surface area contributed by atoms with Gasteiger partial charge >= 0.3 is 0 Å². The van der Waals surface area contributed by atoms with Gasteiger partial charge in [-0.3, -0.25) is 14.5 Å². The van der Waals surface area contributed by atoms with E-state index in [0.29, 0.717) is 12.2 Å². The Hall–Kier alpha value is -2.56. The number of nitrogens with zero attached hydrogens (tertiary/aromatic N) is 4. The van der Waals surface area contributed by atoms with E-state index in [9.17, 15) is 4.79 Å². The summed E-state index contributed by atoms with van der Waals surface area (Å²) in [5.74, 6) is 0.572. The summed E-state index contributed by atoms with van der Waals surface area (Å²) < 4.78 is 1.76. The van der Waals surface area contributed by atoms with E-state index in [1.807, 2.05) is 31.4 Å². The number of pyridine rings is 2. The second kappa shape index (κ2) is 5.02. The van der Waals surface area contributed by atoms with Crippen LogP contribution in [0.4, 0.5) is 0 Å². The molecule has 0 spiro atoms. The summed E-state index contributed by atoms with van der Waals surface area (Å²) in [5.41, 5.74) is 3.54. The molecule has 0 unspecified atom stereocenters. The molecule has 0 radical (unpaired) electrons. The zero-order valence-electron chi connectivity index (χ0n) is 12.4. The molecule has 0 aromatic carbocycles. The number of hydrogen-bond acceptors (Lipinski definition) is 4. The summed E-state index contributed by atoms with van der Waals surface area (Å²) in [6.07, 6.45) is 8.02. The molecule has 22 heavy (non-hydrogen) atoms. The van der Waals surface area contributed by atoms with Gasteiger partial charge in [0.1, 0.15) is 5.78 Å². The van der Waals surface area contributed by atoms with Crippen LogP contribution in [0.25, 0.3) is 22.2 Å². The van der Waals surface area contributed by atoms with Gasteiger partial charge in [-0.2, -0.15) is 5.10 Å². The Morgan fingerprint density at radius 3 is 2.91 bits per heavy atom. The van der Waals surface area contributed by atoms with Crippen molar-refractivity contribution in [3.63, 3.8) is 0 Å². The summed E-state index contributed by atoms with van der Waals surface area (Å²) in [6, 6.07) is 5.90. The zero-order valence-corrected chi connectivity index (χ0v) is 12.4.